The summed E-state index contributed by atoms with van der Waals surface area (Å²) in [6.07, 6.45) is 1.85. The molecule has 0 aliphatic heterocycles. The Morgan fingerprint density at radius 1 is 1.55 bits per heavy atom. The highest BCUT2D eigenvalue weighted by Crippen LogP contribution is 2.15. The van der Waals surface area contributed by atoms with E-state index in [9.17, 15) is 19.7 Å². The average molecular weight is 283 g/mol. The Labute approximate surface area is 115 Å². The Kier molecular flexibility index (Phi) is 5.24. The van der Waals surface area contributed by atoms with Gasteiger partial charge >= 0.3 is 5.97 Å². The van der Waals surface area contributed by atoms with Gasteiger partial charge in [-0.25, -0.2) is 0 Å². The zero-order valence-electron chi connectivity index (χ0n) is 11.3. The van der Waals surface area contributed by atoms with E-state index >= 15 is 0 Å². The van der Waals surface area contributed by atoms with E-state index in [0.717, 1.165) is 0 Å². The van der Waals surface area contributed by atoms with E-state index in [0.29, 0.717) is 6.42 Å². The highest BCUT2D eigenvalue weighted by Gasteiger charge is 2.19. The van der Waals surface area contributed by atoms with Crippen molar-refractivity contribution in [2.24, 2.45) is 13.0 Å². The number of rotatable bonds is 7. The third kappa shape index (κ3) is 4.08. The maximum Gasteiger partial charge on any atom is 0.303 e. The molecule has 0 spiro atoms. The Bertz CT molecular complexity index is 523. The summed E-state index contributed by atoms with van der Waals surface area (Å²) in [5.41, 5.74) is 0.0112. The second-order valence-corrected chi connectivity index (χ2v) is 4.53. The van der Waals surface area contributed by atoms with E-state index in [1.165, 1.54) is 23.9 Å². The molecule has 0 aromatic carbocycles. The minimum atomic E-state index is -0.916. The molecule has 1 aromatic heterocycles. The van der Waals surface area contributed by atoms with Gasteiger partial charge in [0.2, 0.25) is 0 Å². The zero-order chi connectivity index (χ0) is 15.3. The number of carbonyl (C=O) groups excluding carboxylic acids is 1. The summed E-state index contributed by atoms with van der Waals surface area (Å²) in [5, 5.41) is 21.9. The van der Waals surface area contributed by atoms with E-state index in [1.807, 2.05) is 6.92 Å². The van der Waals surface area contributed by atoms with Crippen LogP contribution in [0.3, 0.4) is 0 Å². The number of carboxylic acid groups (broad SMARTS) is 1. The van der Waals surface area contributed by atoms with Crippen LogP contribution in [0, 0.1) is 16.0 Å². The van der Waals surface area contributed by atoms with Crippen molar-refractivity contribution in [3.8, 4) is 0 Å². The number of nitrogens with zero attached hydrogens (tertiary/aromatic N) is 2. The van der Waals surface area contributed by atoms with E-state index in [1.54, 1.807) is 0 Å². The number of hydrogen-bond acceptors (Lipinski definition) is 4. The zero-order valence-corrected chi connectivity index (χ0v) is 11.3. The summed E-state index contributed by atoms with van der Waals surface area (Å²) in [7, 11) is 1.54. The monoisotopic (exact) mass is 283 g/mol. The van der Waals surface area contributed by atoms with Crippen molar-refractivity contribution >= 4 is 17.6 Å². The van der Waals surface area contributed by atoms with Gasteiger partial charge in [0.15, 0.2) is 0 Å². The number of nitro groups is 1. The third-order valence-electron chi connectivity index (χ3n) is 3.03. The van der Waals surface area contributed by atoms with Crippen LogP contribution in [0.2, 0.25) is 0 Å². The Balaban J connectivity index is 2.67. The van der Waals surface area contributed by atoms with E-state index in [4.69, 9.17) is 5.11 Å². The van der Waals surface area contributed by atoms with Gasteiger partial charge in [0, 0.05) is 26.1 Å². The van der Waals surface area contributed by atoms with Gasteiger partial charge in [-0.05, 0) is 5.92 Å². The number of aryl methyl sites for hydroxylation is 1. The molecule has 1 rings (SSSR count). The molecule has 0 aliphatic rings. The molecule has 0 fully saturated rings. The van der Waals surface area contributed by atoms with Crippen LogP contribution in [-0.4, -0.2) is 33.0 Å². The lowest BCUT2D eigenvalue weighted by Crippen LogP contribution is -2.31. The molecule has 1 amide bonds. The molecule has 1 aromatic rings. The second-order valence-electron chi connectivity index (χ2n) is 4.53. The summed E-state index contributed by atoms with van der Waals surface area (Å²) in [4.78, 5) is 32.6. The summed E-state index contributed by atoms with van der Waals surface area (Å²) in [6.45, 7) is 2.06. The van der Waals surface area contributed by atoms with Crippen molar-refractivity contribution in [3.05, 3.63) is 28.1 Å². The van der Waals surface area contributed by atoms with Gasteiger partial charge in [0.25, 0.3) is 11.6 Å². The van der Waals surface area contributed by atoms with Crippen LogP contribution in [-0.2, 0) is 11.8 Å². The fraction of sp³-hybridized carbons (Fsp3) is 0.500. The van der Waals surface area contributed by atoms with Crippen LogP contribution >= 0.6 is 0 Å². The van der Waals surface area contributed by atoms with E-state index < -0.39 is 16.8 Å². The van der Waals surface area contributed by atoms with Crippen LogP contribution < -0.4 is 5.32 Å². The molecule has 1 heterocycles. The van der Waals surface area contributed by atoms with Crippen molar-refractivity contribution in [2.45, 2.75) is 19.8 Å². The van der Waals surface area contributed by atoms with Crippen molar-refractivity contribution in [2.75, 3.05) is 6.54 Å². The van der Waals surface area contributed by atoms with Gasteiger partial charge < -0.3 is 15.0 Å². The Morgan fingerprint density at radius 3 is 2.65 bits per heavy atom. The van der Waals surface area contributed by atoms with Crippen molar-refractivity contribution in [1.29, 1.82) is 0 Å². The first-order chi connectivity index (χ1) is 9.35. The number of aliphatic carboxylic acids is 1. The molecule has 1 atom stereocenters. The summed E-state index contributed by atoms with van der Waals surface area (Å²) in [6, 6.07) is 1.19. The summed E-state index contributed by atoms with van der Waals surface area (Å²) < 4.78 is 1.37. The smallest absolute Gasteiger partial charge is 0.303 e. The van der Waals surface area contributed by atoms with Gasteiger partial charge in [0.1, 0.15) is 5.69 Å². The predicted molar refractivity (Wildman–Crippen MR) is 70.4 cm³/mol. The summed E-state index contributed by atoms with van der Waals surface area (Å²) in [5.74, 6) is -1.53. The highest BCUT2D eigenvalue weighted by molar-refractivity contribution is 5.93. The minimum absolute atomic E-state index is 0.0237. The van der Waals surface area contributed by atoms with Gasteiger partial charge in [-0.3, -0.25) is 19.7 Å². The minimum Gasteiger partial charge on any atom is -0.481 e. The first kappa shape index (κ1) is 15.7. The number of hydrogen-bond donors (Lipinski definition) is 2. The lowest BCUT2D eigenvalue weighted by molar-refractivity contribution is -0.384. The third-order valence-corrected chi connectivity index (χ3v) is 3.03. The highest BCUT2D eigenvalue weighted by atomic mass is 16.6. The number of carbonyl (C=O) groups is 2. The first-order valence-corrected chi connectivity index (χ1v) is 6.15. The van der Waals surface area contributed by atoms with Gasteiger partial charge in [-0.15, -0.1) is 0 Å². The van der Waals surface area contributed by atoms with Crippen LogP contribution in [0.15, 0.2) is 12.3 Å². The molecule has 0 aliphatic carbocycles. The molecular formula is C12H17N3O5. The number of amides is 1. The molecule has 0 saturated carbocycles. The van der Waals surface area contributed by atoms with Crippen LogP contribution in [0.5, 0.6) is 0 Å². The van der Waals surface area contributed by atoms with Gasteiger partial charge in [-0.1, -0.05) is 13.3 Å². The molecule has 20 heavy (non-hydrogen) atoms. The molecule has 2 N–H and O–H groups in total. The molecule has 110 valence electrons. The fourth-order valence-electron chi connectivity index (χ4n) is 1.81. The summed E-state index contributed by atoms with van der Waals surface area (Å²) >= 11 is 0. The number of nitrogens with one attached hydrogen (secondary N) is 1. The molecule has 8 heteroatoms. The fourth-order valence-corrected chi connectivity index (χ4v) is 1.81. The normalized spacial score (nSPS) is 11.9. The molecular weight excluding hydrogens is 266 g/mol. The average Bonchev–Trinajstić information content (AvgIpc) is 2.76. The Morgan fingerprint density at radius 2 is 2.20 bits per heavy atom. The molecule has 8 nitrogen and oxygen atoms in total. The number of carboxylic acids is 1. The van der Waals surface area contributed by atoms with Crippen LogP contribution in [0.4, 0.5) is 5.69 Å². The van der Waals surface area contributed by atoms with Gasteiger partial charge in [-0.2, -0.15) is 0 Å². The van der Waals surface area contributed by atoms with Crippen LogP contribution in [0.1, 0.15) is 30.3 Å². The standard InChI is InChI=1S/C12H17N3O5/c1-3-8(4-11(16)17)6-13-12(18)10-5-9(15(19)20)7-14(10)2/h5,7-8H,3-4,6H2,1-2H3,(H,13,18)(H,16,17). The second kappa shape index (κ2) is 6.69. The lowest BCUT2D eigenvalue weighted by Gasteiger charge is -2.13. The van der Waals surface area contributed by atoms with Crippen molar-refractivity contribution < 1.29 is 19.6 Å². The quantitative estimate of drug-likeness (QED) is 0.575. The van der Waals surface area contributed by atoms with E-state index in [2.05, 4.69) is 5.32 Å². The molecule has 1 unspecified atom stereocenters. The molecule has 0 saturated heterocycles. The maximum absolute atomic E-state index is 11.9. The predicted octanol–water partition coefficient (Wildman–Crippen LogP) is 1.16. The van der Waals surface area contributed by atoms with Gasteiger partial charge in [0.05, 0.1) is 11.1 Å². The molecule has 0 bridgehead atoms. The topological polar surface area (TPSA) is 114 Å². The molecule has 0 radical (unpaired) electrons. The van der Waals surface area contributed by atoms with Crippen molar-refractivity contribution in [3.63, 3.8) is 0 Å². The largest absolute Gasteiger partial charge is 0.481 e. The Hall–Kier alpha value is -2.38. The SMILES string of the molecule is CCC(CNC(=O)c1cc([N+](=O)[O-])cn1C)CC(=O)O. The van der Waals surface area contributed by atoms with Crippen molar-refractivity contribution in [1.82, 2.24) is 9.88 Å². The van der Waals surface area contributed by atoms with Crippen LogP contribution in [0.25, 0.3) is 0 Å². The lowest BCUT2D eigenvalue weighted by atomic mass is 10.0. The van der Waals surface area contributed by atoms with E-state index in [-0.39, 0.29) is 30.3 Å². The maximum atomic E-state index is 11.9. The first-order valence-electron chi connectivity index (χ1n) is 6.15. The number of aromatic nitrogens is 1.